The van der Waals surface area contributed by atoms with Gasteiger partial charge in [-0.3, -0.25) is 10.1 Å². The summed E-state index contributed by atoms with van der Waals surface area (Å²) in [4.78, 5) is 22.1. The van der Waals surface area contributed by atoms with Gasteiger partial charge >= 0.3 is 0 Å². The van der Waals surface area contributed by atoms with Crippen molar-refractivity contribution in [2.24, 2.45) is 5.84 Å². The molecule has 0 amide bonds. The molecule has 0 aliphatic carbocycles. The van der Waals surface area contributed by atoms with Crippen LogP contribution in [0.5, 0.6) is 0 Å². The molecule has 0 saturated carbocycles. The van der Waals surface area contributed by atoms with E-state index in [4.69, 9.17) is 5.84 Å². The Morgan fingerprint density at radius 3 is 2.83 bits per heavy atom. The normalized spacial score (nSPS) is 10.1. The molecule has 2 heterocycles. The average molecular weight is 264 g/mol. The van der Waals surface area contributed by atoms with Gasteiger partial charge in [0.25, 0.3) is 5.69 Å². The summed E-state index contributed by atoms with van der Waals surface area (Å²) in [5, 5.41) is 11.8. The SMILES string of the molecule is NNc1cc([N+](=O)[O-])cc(Sc2ccncn2)n1. The van der Waals surface area contributed by atoms with E-state index >= 15 is 0 Å². The molecule has 0 aliphatic rings. The summed E-state index contributed by atoms with van der Waals surface area (Å²) >= 11 is 1.19. The lowest BCUT2D eigenvalue weighted by Gasteiger charge is -2.03. The van der Waals surface area contributed by atoms with Crippen LogP contribution >= 0.6 is 11.8 Å². The molecule has 2 aromatic heterocycles. The summed E-state index contributed by atoms with van der Waals surface area (Å²) in [5.74, 6) is 5.43. The quantitative estimate of drug-likeness (QED) is 0.366. The lowest BCUT2D eigenvalue weighted by molar-refractivity contribution is -0.385. The number of nitrogen functional groups attached to an aromatic ring is 1. The fraction of sp³-hybridized carbons (Fsp3) is 0. The molecule has 0 aromatic carbocycles. The summed E-state index contributed by atoms with van der Waals surface area (Å²) < 4.78 is 0. The number of nitro groups is 1. The first kappa shape index (κ1) is 12.2. The maximum atomic E-state index is 10.7. The molecule has 0 saturated heterocycles. The van der Waals surface area contributed by atoms with Crippen LogP contribution in [0.2, 0.25) is 0 Å². The summed E-state index contributed by atoms with van der Waals surface area (Å²) in [6.07, 6.45) is 2.97. The van der Waals surface area contributed by atoms with E-state index in [9.17, 15) is 10.1 Å². The highest BCUT2D eigenvalue weighted by atomic mass is 32.2. The Bertz CT molecular complexity index is 564. The molecule has 0 aliphatic heterocycles. The van der Waals surface area contributed by atoms with Crippen molar-refractivity contribution in [2.75, 3.05) is 5.43 Å². The van der Waals surface area contributed by atoms with Gasteiger partial charge in [0.05, 0.1) is 11.0 Å². The van der Waals surface area contributed by atoms with E-state index in [2.05, 4.69) is 20.4 Å². The van der Waals surface area contributed by atoms with E-state index in [0.717, 1.165) is 0 Å². The highest BCUT2D eigenvalue weighted by Crippen LogP contribution is 2.28. The van der Waals surface area contributed by atoms with Crippen molar-refractivity contribution in [2.45, 2.75) is 10.1 Å². The molecule has 18 heavy (non-hydrogen) atoms. The van der Waals surface area contributed by atoms with Crippen molar-refractivity contribution in [3.63, 3.8) is 0 Å². The van der Waals surface area contributed by atoms with Gasteiger partial charge in [-0.1, -0.05) is 0 Å². The van der Waals surface area contributed by atoms with E-state index in [-0.39, 0.29) is 11.5 Å². The van der Waals surface area contributed by atoms with Crippen LogP contribution in [0.25, 0.3) is 0 Å². The van der Waals surface area contributed by atoms with Gasteiger partial charge in [0.2, 0.25) is 0 Å². The zero-order valence-corrected chi connectivity index (χ0v) is 9.79. The predicted octanol–water partition coefficient (Wildman–Crippen LogP) is 1.22. The third-order valence-corrected chi connectivity index (χ3v) is 2.78. The highest BCUT2D eigenvalue weighted by molar-refractivity contribution is 7.99. The standard InChI is InChI=1S/C9H8N6O2S/c10-14-7-3-6(15(16)17)4-9(13-7)18-8-1-2-11-5-12-8/h1-5H,10H2,(H,13,14). The Balaban J connectivity index is 2.32. The number of hydrogen-bond acceptors (Lipinski definition) is 8. The van der Waals surface area contributed by atoms with E-state index < -0.39 is 4.92 Å². The van der Waals surface area contributed by atoms with Gasteiger partial charge in [-0.05, 0) is 17.8 Å². The van der Waals surface area contributed by atoms with Gasteiger partial charge in [0.1, 0.15) is 22.2 Å². The molecule has 0 unspecified atom stereocenters. The molecule has 0 radical (unpaired) electrons. The number of anilines is 1. The Hall–Kier alpha value is -2.26. The van der Waals surface area contributed by atoms with Crippen LogP contribution in [0, 0.1) is 10.1 Å². The minimum absolute atomic E-state index is 0.0884. The van der Waals surface area contributed by atoms with E-state index in [1.165, 1.54) is 30.2 Å². The third kappa shape index (κ3) is 2.90. The van der Waals surface area contributed by atoms with Gasteiger partial charge in [-0.15, -0.1) is 0 Å². The summed E-state index contributed by atoms with van der Waals surface area (Å²) in [6, 6.07) is 4.29. The van der Waals surface area contributed by atoms with Crippen molar-refractivity contribution >= 4 is 23.3 Å². The van der Waals surface area contributed by atoms with Crippen LogP contribution in [-0.4, -0.2) is 19.9 Å². The zero-order valence-electron chi connectivity index (χ0n) is 8.98. The van der Waals surface area contributed by atoms with Crippen molar-refractivity contribution in [1.29, 1.82) is 0 Å². The van der Waals surface area contributed by atoms with Crippen LogP contribution in [0.15, 0.2) is 40.8 Å². The highest BCUT2D eigenvalue weighted by Gasteiger charge is 2.12. The molecule has 0 spiro atoms. The van der Waals surface area contributed by atoms with E-state index in [0.29, 0.717) is 10.1 Å². The van der Waals surface area contributed by atoms with Crippen molar-refractivity contribution in [3.05, 3.63) is 40.8 Å². The van der Waals surface area contributed by atoms with Gasteiger partial charge in [-0.2, -0.15) is 0 Å². The molecule has 92 valence electrons. The lowest BCUT2D eigenvalue weighted by atomic mass is 10.4. The maximum absolute atomic E-state index is 10.7. The lowest BCUT2D eigenvalue weighted by Crippen LogP contribution is -2.09. The second-order valence-electron chi connectivity index (χ2n) is 3.10. The van der Waals surface area contributed by atoms with Crippen LogP contribution in [0.1, 0.15) is 0 Å². The fourth-order valence-electron chi connectivity index (χ4n) is 1.17. The number of nitrogens with zero attached hydrogens (tertiary/aromatic N) is 4. The predicted molar refractivity (Wildman–Crippen MR) is 64.9 cm³/mol. The first-order valence-corrected chi connectivity index (χ1v) is 5.57. The fourth-order valence-corrected chi connectivity index (χ4v) is 1.94. The smallest absolute Gasteiger partial charge is 0.275 e. The minimum atomic E-state index is -0.507. The molecule has 8 nitrogen and oxygen atoms in total. The largest absolute Gasteiger partial charge is 0.308 e. The Labute approximate surface area is 106 Å². The Morgan fingerprint density at radius 2 is 2.22 bits per heavy atom. The molecule has 2 aromatic rings. The van der Waals surface area contributed by atoms with Gasteiger partial charge in [0.15, 0.2) is 0 Å². The number of pyridine rings is 1. The maximum Gasteiger partial charge on any atom is 0.275 e. The first-order chi connectivity index (χ1) is 8.69. The average Bonchev–Trinajstić information content (AvgIpc) is 2.39. The molecule has 2 rings (SSSR count). The van der Waals surface area contributed by atoms with E-state index in [1.54, 1.807) is 12.3 Å². The van der Waals surface area contributed by atoms with Crippen molar-refractivity contribution in [1.82, 2.24) is 15.0 Å². The van der Waals surface area contributed by atoms with Crippen LogP contribution < -0.4 is 11.3 Å². The molecular weight excluding hydrogens is 256 g/mol. The van der Waals surface area contributed by atoms with Crippen LogP contribution in [-0.2, 0) is 0 Å². The number of nitrogens with two attached hydrogens (primary N) is 1. The Morgan fingerprint density at radius 1 is 1.39 bits per heavy atom. The van der Waals surface area contributed by atoms with Crippen molar-refractivity contribution in [3.8, 4) is 0 Å². The number of aromatic nitrogens is 3. The molecule has 9 heteroatoms. The van der Waals surface area contributed by atoms with E-state index in [1.807, 2.05) is 0 Å². The summed E-state index contributed by atoms with van der Waals surface area (Å²) in [6.45, 7) is 0. The van der Waals surface area contributed by atoms with Gasteiger partial charge < -0.3 is 5.43 Å². The first-order valence-electron chi connectivity index (χ1n) is 4.76. The number of rotatable bonds is 4. The topological polar surface area (TPSA) is 120 Å². The second-order valence-corrected chi connectivity index (χ2v) is 4.14. The monoisotopic (exact) mass is 264 g/mol. The van der Waals surface area contributed by atoms with Gasteiger partial charge in [-0.25, -0.2) is 20.8 Å². The summed E-state index contributed by atoms with van der Waals surface area (Å²) in [5.41, 5.74) is 2.20. The Kier molecular flexibility index (Phi) is 3.65. The van der Waals surface area contributed by atoms with Crippen LogP contribution in [0.3, 0.4) is 0 Å². The molecule has 0 fully saturated rings. The molecule has 0 bridgehead atoms. The molecule has 3 N–H and O–H groups in total. The number of hydrogen-bond donors (Lipinski definition) is 2. The second kappa shape index (κ2) is 5.38. The van der Waals surface area contributed by atoms with Crippen molar-refractivity contribution < 1.29 is 4.92 Å². The zero-order chi connectivity index (χ0) is 13.0. The van der Waals surface area contributed by atoms with Gasteiger partial charge in [0, 0.05) is 12.3 Å². The number of hydrazine groups is 1. The number of nitrogens with one attached hydrogen (secondary N) is 1. The third-order valence-electron chi connectivity index (χ3n) is 1.91. The molecule has 0 atom stereocenters. The summed E-state index contributed by atoms with van der Waals surface area (Å²) in [7, 11) is 0. The van der Waals surface area contributed by atoms with Crippen LogP contribution in [0.4, 0.5) is 11.5 Å². The minimum Gasteiger partial charge on any atom is -0.308 e. The molecular formula is C9H8N6O2S.